The van der Waals surface area contributed by atoms with Crippen molar-refractivity contribution in [3.63, 3.8) is 0 Å². The average molecular weight is 360 g/mol. The van der Waals surface area contributed by atoms with E-state index in [0.29, 0.717) is 16.8 Å². The molecule has 4 N–H and O–H groups in total. The number of anilines is 1. The normalized spacial score (nSPS) is 19.0. The van der Waals surface area contributed by atoms with Gasteiger partial charge in [-0.3, -0.25) is 24.5 Å². The van der Waals surface area contributed by atoms with Gasteiger partial charge in [-0.2, -0.15) is 0 Å². The van der Waals surface area contributed by atoms with E-state index in [1.54, 1.807) is 12.1 Å². The second kappa shape index (κ2) is 6.82. The first kappa shape index (κ1) is 17.4. The molecule has 0 radical (unpaired) electrons. The van der Waals surface area contributed by atoms with E-state index in [9.17, 15) is 24.0 Å². The summed E-state index contributed by atoms with van der Waals surface area (Å²) in [7, 11) is 0. The van der Waals surface area contributed by atoms with Crippen molar-refractivity contribution in [1.29, 1.82) is 0 Å². The summed E-state index contributed by atoms with van der Waals surface area (Å²) in [6, 6.07) is 3.98. The first-order valence-corrected chi connectivity index (χ1v) is 7.89. The number of amides is 5. The van der Waals surface area contributed by atoms with Gasteiger partial charge in [0.2, 0.25) is 17.7 Å². The summed E-state index contributed by atoms with van der Waals surface area (Å²) in [6.45, 7) is -0.203. The van der Waals surface area contributed by atoms with E-state index in [1.807, 2.05) is 5.32 Å². The van der Waals surface area contributed by atoms with Crippen LogP contribution in [0.5, 0.6) is 0 Å². The van der Waals surface area contributed by atoms with Gasteiger partial charge in [0.05, 0.1) is 0 Å². The lowest BCUT2D eigenvalue weighted by molar-refractivity contribution is -0.137. The van der Waals surface area contributed by atoms with Crippen LogP contribution in [0.2, 0.25) is 0 Å². The standard InChI is InChI=1S/C16H16N4O6/c21-12-4-3-11(14(23)19-12)20-7-8-5-9(1-2-10(8)15(20)24)18-13(22)6-17-16(25)26/h1-2,5,11,17H,3-4,6-7H2,(H,18,22)(H,25,26)(H,19,21,23). The Morgan fingerprint density at radius 3 is 2.73 bits per heavy atom. The Morgan fingerprint density at radius 2 is 2.04 bits per heavy atom. The van der Waals surface area contributed by atoms with Crippen LogP contribution >= 0.6 is 0 Å². The highest BCUT2D eigenvalue weighted by molar-refractivity contribution is 6.05. The van der Waals surface area contributed by atoms with Gasteiger partial charge in [-0.05, 0) is 30.2 Å². The number of nitrogens with zero attached hydrogens (tertiary/aromatic N) is 1. The number of imide groups is 1. The molecule has 0 saturated carbocycles. The van der Waals surface area contributed by atoms with Crippen LogP contribution in [0.15, 0.2) is 18.2 Å². The molecule has 0 aliphatic carbocycles. The van der Waals surface area contributed by atoms with Crippen molar-refractivity contribution >= 4 is 35.4 Å². The van der Waals surface area contributed by atoms with Gasteiger partial charge < -0.3 is 20.6 Å². The number of carbonyl (C=O) groups excluding carboxylic acids is 4. The number of piperidine rings is 1. The SMILES string of the molecule is O=C(O)NCC(=O)Nc1ccc2c(c1)CN(C1CCC(=O)NC1=O)C2=O. The van der Waals surface area contributed by atoms with Crippen molar-refractivity contribution in [3.8, 4) is 0 Å². The summed E-state index contributed by atoms with van der Waals surface area (Å²) in [5, 5.41) is 15.2. The van der Waals surface area contributed by atoms with E-state index in [2.05, 4.69) is 10.6 Å². The molecule has 5 amide bonds. The largest absolute Gasteiger partial charge is 0.465 e. The lowest BCUT2D eigenvalue weighted by Crippen LogP contribution is -2.52. The second-order valence-corrected chi connectivity index (χ2v) is 5.98. The highest BCUT2D eigenvalue weighted by atomic mass is 16.4. The molecular formula is C16H16N4O6. The molecule has 0 aromatic heterocycles. The van der Waals surface area contributed by atoms with Gasteiger partial charge in [0, 0.05) is 24.2 Å². The average Bonchev–Trinajstić information content (AvgIpc) is 2.89. The minimum Gasteiger partial charge on any atom is -0.465 e. The topological polar surface area (TPSA) is 145 Å². The Labute approximate surface area is 147 Å². The van der Waals surface area contributed by atoms with Gasteiger partial charge in [0.15, 0.2) is 0 Å². The maximum absolute atomic E-state index is 12.5. The number of fused-ring (bicyclic) bond motifs is 1. The molecule has 1 atom stereocenters. The van der Waals surface area contributed by atoms with E-state index in [0.717, 1.165) is 0 Å². The van der Waals surface area contributed by atoms with E-state index >= 15 is 0 Å². The van der Waals surface area contributed by atoms with E-state index in [4.69, 9.17) is 5.11 Å². The van der Waals surface area contributed by atoms with Gasteiger partial charge in [-0.1, -0.05) is 0 Å². The molecule has 1 saturated heterocycles. The van der Waals surface area contributed by atoms with Crippen LogP contribution in [-0.4, -0.2) is 52.3 Å². The third-order valence-electron chi connectivity index (χ3n) is 4.21. The molecule has 0 spiro atoms. The predicted molar refractivity (Wildman–Crippen MR) is 87.1 cm³/mol. The van der Waals surface area contributed by atoms with Gasteiger partial charge in [-0.25, -0.2) is 4.79 Å². The van der Waals surface area contributed by atoms with E-state index < -0.39 is 30.5 Å². The lowest BCUT2D eigenvalue weighted by atomic mass is 10.0. The van der Waals surface area contributed by atoms with Crippen LogP contribution < -0.4 is 16.0 Å². The first-order chi connectivity index (χ1) is 12.3. The summed E-state index contributed by atoms with van der Waals surface area (Å²) in [5.41, 5.74) is 1.49. The number of hydrogen-bond acceptors (Lipinski definition) is 5. The molecule has 1 unspecified atom stereocenters. The zero-order valence-electron chi connectivity index (χ0n) is 13.6. The molecular weight excluding hydrogens is 344 g/mol. The molecule has 1 aromatic carbocycles. The summed E-state index contributed by atoms with van der Waals surface area (Å²) in [4.78, 5) is 59.2. The van der Waals surface area contributed by atoms with Crippen molar-refractivity contribution < 1.29 is 29.1 Å². The van der Waals surface area contributed by atoms with Gasteiger partial charge >= 0.3 is 6.09 Å². The molecule has 2 aliphatic rings. The number of carboxylic acid groups (broad SMARTS) is 1. The predicted octanol–water partition coefficient (Wildman–Crippen LogP) is -0.346. The number of rotatable bonds is 4. The summed E-state index contributed by atoms with van der Waals surface area (Å²) < 4.78 is 0. The van der Waals surface area contributed by atoms with Crippen LogP contribution in [0, 0.1) is 0 Å². The van der Waals surface area contributed by atoms with Gasteiger partial charge in [-0.15, -0.1) is 0 Å². The molecule has 3 rings (SSSR count). The molecule has 1 fully saturated rings. The fraction of sp³-hybridized carbons (Fsp3) is 0.312. The summed E-state index contributed by atoms with van der Waals surface area (Å²) in [5.74, 6) is -1.69. The Morgan fingerprint density at radius 1 is 1.27 bits per heavy atom. The molecule has 0 bridgehead atoms. The Bertz CT molecular complexity index is 821. The minimum atomic E-state index is -1.31. The van der Waals surface area contributed by atoms with Crippen LogP contribution in [0.4, 0.5) is 10.5 Å². The number of nitrogens with one attached hydrogen (secondary N) is 3. The van der Waals surface area contributed by atoms with Crippen LogP contribution in [0.1, 0.15) is 28.8 Å². The summed E-state index contributed by atoms with van der Waals surface area (Å²) >= 11 is 0. The molecule has 2 heterocycles. The zero-order valence-corrected chi connectivity index (χ0v) is 13.6. The van der Waals surface area contributed by atoms with Crippen LogP contribution in [0.3, 0.4) is 0 Å². The maximum atomic E-state index is 12.5. The van der Waals surface area contributed by atoms with Crippen molar-refractivity contribution in [2.45, 2.75) is 25.4 Å². The fourth-order valence-corrected chi connectivity index (χ4v) is 3.01. The van der Waals surface area contributed by atoms with Gasteiger partial charge in [0.25, 0.3) is 5.91 Å². The van der Waals surface area contributed by atoms with Gasteiger partial charge in [0.1, 0.15) is 12.6 Å². The number of benzene rings is 1. The molecule has 10 nitrogen and oxygen atoms in total. The molecule has 26 heavy (non-hydrogen) atoms. The monoisotopic (exact) mass is 360 g/mol. The van der Waals surface area contributed by atoms with Crippen LogP contribution in [-0.2, 0) is 20.9 Å². The van der Waals surface area contributed by atoms with Crippen molar-refractivity contribution in [1.82, 2.24) is 15.5 Å². The van der Waals surface area contributed by atoms with Crippen molar-refractivity contribution in [2.24, 2.45) is 0 Å². The zero-order chi connectivity index (χ0) is 18.8. The second-order valence-electron chi connectivity index (χ2n) is 5.98. The highest BCUT2D eigenvalue weighted by Gasteiger charge is 2.39. The quantitative estimate of drug-likeness (QED) is 0.540. The molecule has 2 aliphatic heterocycles. The minimum absolute atomic E-state index is 0.175. The van der Waals surface area contributed by atoms with Crippen molar-refractivity contribution in [3.05, 3.63) is 29.3 Å². The third-order valence-corrected chi connectivity index (χ3v) is 4.21. The molecule has 136 valence electrons. The van der Waals surface area contributed by atoms with E-state index in [1.165, 1.54) is 11.0 Å². The smallest absolute Gasteiger partial charge is 0.405 e. The van der Waals surface area contributed by atoms with E-state index in [-0.39, 0.29) is 31.2 Å². The Hall–Kier alpha value is -3.43. The van der Waals surface area contributed by atoms with Crippen molar-refractivity contribution in [2.75, 3.05) is 11.9 Å². The first-order valence-electron chi connectivity index (χ1n) is 7.89. The van der Waals surface area contributed by atoms with Crippen LogP contribution in [0.25, 0.3) is 0 Å². The maximum Gasteiger partial charge on any atom is 0.405 e. The Kier molecular flexibility index (Phi) is 4.57. The fourth-order valence-electron chi connectivity index (χ4n) is 3.01. The highest BCUT2D eigenvalue weighted by Crippen LogP contribution is 2.29. The number of carbonyl (C=O) groups is 5. The number of hydrogen-bond donors (Lipinski definition) is 4. The Balaban J connectivity index is 1.70. The molecule has 10 heteroatoms. The lowest BCUT2D eigenvalue weighted by Gasteiger charge is -2.29. The molecule has 1 aromatic rings. The third kappa shape index (κ3) is 3.48. The summed E-state index contributed by atoms with van der Waals surface area (Å²) in [6.07, 6.45) is -0.858.